The van der Waals surface area contributed by atoms with Crippen molar-refractivity contribution < 1.29 is 0 Å². The summed E-state index contributed by atoms with van der Waals surface area (Å²) in [5.41, 5.74) is 19.7. The Morgan fingerprint density at radius 1 is 1.17 bits per heavy atom. The van der Waals surface area contributed by atoms with Crippen LogP contribution in [0.15, 0.2) is 48.6 Å². The van der Waals surface area contributed by atoms with Crippen LogP contribution in [0.5, 0.6) is 0 Å². The predicted octanol–water partition coefficient (Wildman–Crippen LogP) is 10.2. The van der Waals surface area contributed by atoms with Crippen LogP contribution in [-0.4, -0.2) is 65.7 Å². The Labute approximate surface area is 330 Å². The number of hydrogen-bond donors (Lipinski definition) is 4. The largest absolute Gasteiger partial charge is 0.401 e. The van der Waals surface area contributed by atoms with E-state index in [-0.39, 0.29) is 5.41 Å². The van der Waals surface area contributed by atoms with E-state index >= 15 is 0 Å². The molecule has 0 radical (unpaired) electrons. The molecule has 1 saturated heterocycles. The molecule has 298 valence electrons. The van der Waals surface area contributed by atoms with E-state index in [2.05, 4.69) is 117 Å². The van der Waals surface area contributed by atoms with Gasteiger partial charge >= 0.3 is 0 Å². The number of aryl methyl sites for hydroxylation is 2. The van der Waals surface area contributed by atoms with Crippen molar-refractivity contribution >= 4 is 36.7 Å². The van der Waals surface area contributed by atoms with Crippen molar-refractivity contribution in [3.63, 3.8) is 0 Å². The molecule has 0 saturated carbocycles. The molecule has 9 heteroatoms. The van der Waals surface area contributed by atoms with Crippen LogP contribution < -0.4 is 21.9 Å². The average Bonchev–Trinajstić information content (AvgIpc) is 3.86. The summed E-state index contributed by atoms with van der Waals surface area (Å²) in [5.74, 6) is 1.33. The first-order chi connectivity index (χ1) is 25.5. The number of nitrogens with two attached hydrogens (primary N) is 1. The number of hydrazine groups is 1. The Morgan fingerprint density at radius 3 is 2.55 bits per heavy atom. The summed E-state index contributed by atoms with van der Waals surface area (Å²) in [6.45, 7) is 34.0. The molecule has 53 heavy (non-hydrogen) atoms. The van der Waals surface area contributed by atoms with Gasteiger partial charge in [-0.05, 0) is 113 Å². The van der Waals surface area contributed by atoms with Crippen molar-refractivity contribution in [2.24, 2.45) is 23.0 Å². The zero-order valence-corrected chi connectivity index (χ0v) is 36.8. The minimum absolute atomic E-state index is 0.268. The Morgan fingerprint density at radius 2 is 1.91 bits per heavy atom. The van der Waals surface area contributed by atoms with E-state index in [0.717, 1.165) is 75.6 Å². The monoisotopic (exact) mass is 766 g/mol. The van der Waals surface area contributed by atoms with Crippen molar-refractivity contribution in [1.82, 2.24) is 30.6 Å². The molecule has 3 aromatic rings. The van der Waals surface area contributed by atoms with Crippen LogP contribution in [0.1, 0.15) is 110 Å². The highest BCUT2D eigenvalue weighted by Crippen LogP contribution is 2.36. The van der Waals surface area contributed by atoms with Crippen molar-refractivity contribution in [3.8, 4) is 11.3 Å². The molecule has 1 fully saturated rings. The van der Waals surface area contributed by atoms with Crippen molar-refractivity contribution in [2.45, 2.75) is 126 Å². The fourth-order valence-electron chi connectivity index (χ4n) is 7.55. The third-order valence-electron chi connectivity index (χ3n) is 10.3. The highest BCUT2D eigenvalue weighted by Gasteiger charge is 2.30. The van der Waals surface area contributed by atoms with Gasteiger partial charge < -0.3 is 21.0 Å². The van der Waals surface area contributed by atoms with Gasteiger partial charge in [0.05, 0.1) is 16.7 Å². The van der Waals surface area contributed by atoms with Crippen LogP contribution in [0.2, 0.25) is 0 Å². The van der Waals surface area contributed by atoms with E-state index in [4.69, 9.17) is 10.7 Å². The van der Waals surface area contributed by atoms with Gasteiger partial charge in [0, 0.05) is 59.1 Å². The van der Waals surface area contributed by atoms with Gasteiger partial charge in [-0.25, -0.2) is 10.4 Å². The van der Waals surface area contributed by atoms with Crippen molar-refractivity contribution in [1.29, 1.82) is 0 Å². The fraction of sp³-hybridized carbons (Fsp3) is 0.636. The van der Waals surface area contributed by atoms with E-state index in [1.807, 2.05) is 13.8 Å². The van der Waals surface area contributed by atoms with E-state index in [1.165, 1.54) is 79.5 Å². The highest BCUT2D eigenvalue weighted by atomic mass is 32.1. The summed E-state index contributed by atoms with van der Waals surface area (Å²) >= 11 is 1.80. The minimum Gasteiger partial charge on any atom is -0.401 e. The first-order valence-electron chi connectivity index (χ1n) is 20.4. The molecule has 1 aliphatic heterocycles. The molecule has 2 aromatic heterocycles. The minimum atomic E-state index is 0.268. The van der Waals surface area contributed by atoms with Gasteiger partial charge in [0.15, 0.2) is 0 Å². The lowest BCUT2D eigenvalue weighted by atomic mass is 9.82. The predicted molar refractivity (Wildman–Crippen MR) is 239 cm³/mol. The fourth-order valence-corrected chi connectivity index (χ4v) is 9.16. The number of thiazole rings is 1. The lowest BCUT2D eigenvalue weighted by molar-refractivity contribution is 0.213. The highest BCUT2D eigenvalue weighted by molar-refractivity contribution is 7.36. The number of nitrogens with zero attached hydrogens (tertiary/aromatic N) is 3. The molecule has 7 nitrogen and oxygen atoms in total. The van der Waals surface area contributed by atoms with E-state index in [0.29, 0.717) is 12.0 Å². The molecule has 3 heterocycles. The standard InChI is InChI=1S/C29H43N4PS.C13H27N3.C2H6/c1-7-30-31-17-12-10-9-11-13-28-32-26(21-35-28)23-14-15-27-24(19-23)25(22(3)33(27)8-2)20-29(4,5)16-18-34-6;1-5-15-8-12-6-7-16(9-12)13(10(2)3)11(4)14;1-2/h7,14-15,19,21,30-31H,1,6,8-13,16-18,20H2,2-5H3;10,12-13,15H,4-9,14H2,1-3H3;1-2H3. The van der Waals surface area contributed by atoms with Crippen LogP contribution in [0.4, 0.5) is 0 Å². The SMILES string of the molecule is C=C(N)C(C(C)C)N1CCC(CNCC)C1.C=CNNCCCCCCc1nc(-c2ccc3c(c2)c(CC(C)(C)CCP=C)c(C)n3CC)cs1.CC. The molecule has 0 bridgehead atoms. The molecule has 2 unspecified atom stereocenters. The van der Waals surface area contributed by atoms with Crippen LogP contribution in [0.25, 0.3) is 22.2 Å². The summed E-state index contributed by atoms with van der Waals surface area (Å²) in [5, 5.41) is 8.32. The second-order valence-corrected chi connectivity index (χ2v) is 17.2. The van der Waals surface area contributed by atoms with Crippen molar-refractivity contribution in [3.05, 3.63) is 64.9 Å². The number of hydrogen-bond acceptors (Lipinski definition) is 7. The number of aromatic nitrogens is 2. The molecule has 2 atom stereocenters. The normalized spacial score (nSPS) is 15.2. The zero-order chi connectivity index (χ0) is 39.4. The molecule has 1 aromatic carbocycles. The van der Waals surface area contributed by atoms with Gasteiger partial charge in [-0.15, -0.1) is 19.5 Å². The maximum absolute atomic E-state index is 5.91. The van der Waals surface area contributed by atoms with E-state index in [1.54, 1.807) is 17.5 Å². The van der Waals surface area contributed by atoms with Gasteiger partial charge in [0.2, 0.25) is 0 Å². The van der Waals surface area contributed by atoms with E-state index < -0.39 is 0 Å². The topological polar surface area (TPSA) is 83.2 Å². The van der Waals surface area contributed by atoms with E-state index in [9.17, 15) is 0 Å². The van der Waals surface area contributed by atoms with Crippen molar-refractivity contribution in [2.75, 3.05) is 38.9 Å². The second kappa shape index (κ2) is 24.8. The Balaban J connectivity index is 0.000000451. The lowest BCUT2D eigenvalue weighted by Crippen LogP contribution is -2.41. The first-order valence-corrected chi connectivity index (χ1v) is 22.6. The number of rotatable bonds is 22. The van der Waals surface area contributed by atoms with Crippen LogP contribution >= 0.6 is 19.5 Å². The third-order valence-corrected chi connectivity index (χ3v) is 11.7. The molecule has 4 rings (SSSR count). The number of unbranched alkanes of at least 4 members (excludes halogenated alkanes) is 3. The molecule has 0 spiro atoms. The number of nitrogens with one attached hydrogen (secondary N) is 3. The third kappa shape index (κ3) is 14.9. The summed E-state index contributed by atoms with van der Waals surface area (Å²) in [6.07, 6.45) is 16.4. The zero-order valence-electron chi connectivity index (χ0n) is 35.1. The Hall–Kier alpha value is -2.48. The van der Waals surface area contributed by atoms with Crippen LogP contribution in [0.3, 0.4) is 0 Å². The van der Waals surface area contributed by atoms with Gasteiger partial charge in [-0.2, -0.15) is 0 Å². The van der Waals surface area contributed by atoms with Crippen LogP contribution in [-0.2, 0) is 19.4 Å². The molecule has 0 amide bonds. The molecule has 1 aliphatic rings. The second-order valence-electron chi connectivity index (χ2n) is 15.4. The van der Waals surface area contributed by atoms with Crippen LogP contribution in [0, 0.1) is 24.2 Å². The first kappa shape index (κ1) is 46.7. The molecule has 5 N–H and O–H groups in total. The number of fused-ring (bicyclic) bond motifs is 1. The maximum atomic E-state index is 5.91. The van der Waals surface area contributed by atoms with Gasteiger partial charge in [-0.1, -0.05) is 86.8 Å². The van der Waals surface area contributed by atoms with Gasteiger partial charge in [0.1, 0.15) is 0 Å². The Kier molecular flexibility index (Phi) is 21.9. The number of benzene rings is 1. The number of likely N-dealkylation sites (tertiary alicyclic amines) is 1. The van der Waals surface area contributed by atoms with Gasteiger partial charge in [0.25, 0.3) is 0 Å². The molecule has 0 aliphatic carbocycles. The lowest BCUT2D eigenvalue weighted by Gasteiger charge is -2.31. The van der Waals surface area contributed by atoms with Gasteiger partial charge in [-0.3, -0.25) is 4.90 Å². The molecular formula is C44H76N7PS. The summed E-state index contributed by atoms with van der Waals surface area (Å²) in [7, 11) is 1.24. The maximum Gasteiger partial charge on any atom is 0.0932 e. The Bertz CT molecular complexity index is 1510. The summed E-state index contributed by atoms with van der Waals surface area (Å²) in [4.78, 5) is 7.51. The quantitative estimate of drug-likeness (QED) is 0.0463. The summed E-state index contributed by atoms with van der Waals surface area (Å²) < 4.78 is 2.47. The average molecular weight is 766 g/mol. The summed E-state index contributed by atoms with van der Waals surface area (Å²) in [6, 6.07) is 7.31. The smallest absolute Gasteiger partial charge is 0.0932 e. The molecular weight excluding hydrogens is 690 g/mol.